The number of hydrogen-bond acceptors (Lipinski definition) is 3. The molecule has 1 aromatic rings. The van der Waals surface area contributed by atoms with Crippen LogP contribution in [0, 0.1) is 5.92 Å². The van der Waals surface area contributed by atoms with Crippen LogP contribution >= 0.6 is 0 Å². The molecule has 1 heterocycles. The predicted octanol–water partition coefficient (Wildman–Crippen LogP) is 2.06. The molecule has 0 bridgehead atoms. The second-order valence-corrected chi connectivity index (χ2v) is 6.62. The molecule has 3 amide bonds. The van der Waals surface area contributed by atoms with Crippen molar-refractivity contribution < 1.29 is 14.4 Å². The van der Waals surface area contributed by atoms with Gasteiger partial charge in [0.15, 0.2) is 0 Å². The first-order valence-electron chi connectivity index (χ1n) is 8.51. The van der Waals surface area contributed by atoms with Gasteiger partial charge in [0.25, 0.3) is 0 Å². The van der Waals surface area contributed by atoms with Crippen molar-refractivity contribution in [3.8, 4) is 0 Å². The normalized spacial score (nSPS) is 21.1. The Hall–Kier alpha value is -2.37. The quantitative estimate of drug-likeness (QED) is 0.887. The standard InChI is InChI=1S/C18H23N3O3/c1-12(22)19-15-6-8-16(9-7-15)21-11-13(10-17(21)23)18(24)20-14-4-2-3-5-14/h6-9,13-14H,2-5,10-11H2,1H3,(H,19,22)(H,20,24)/t13-/m0/s1. The van der Waals surface area contributed by atoms with Crippen molar-refractivity contribution in [3.05, 3.63) is 24.3 Å². The third-order valence-corrected chi connectivity index (χ3v) is 4.70. The number of nitrogens with zero attached hydrogens (tertiary/aromatic N) is 1. The Balaban J connectivity index is 1.61. The molecule has 6 nitrogen and oxygen atoms in total. The van der Waals surface area contributed by atoms with Gasteiger partial charge in [-0.2, -0.15) is 0 Å². The maximum atomic E-state index is 12.4. The number of anilines is 2. The molecule has 1 aliphatic carbocycles. The highest BCUT2D eigenvalue weighted by Crippen LogP contribution is 2.27. The first-order valence-corrected chi connectivity index (χ1v) is 8.51. The third kappa shape index (κ3) is 3.75. The van der Waals surface area contributed by atoms with Crippen molar-refractivity contribution in [2.45, 2.75) is 45.1 Å². The maximum Gasteiger partial charge on any atom is 0.227 e. The van der Waals surface area contributed by atoms with Gasteiger partial charge in [0.2, 0.25) is 17.7 Å². The first-order chi connectivity index (χ1) is 11.5. The second kappa shape index (κ2) is 7.03. The highest BCUT2D eigenvalue weighted by Gasteiger charge is 2.36. The Labute approximate surface area is 141 Å². The van der Waals surface area contributed by atoms with Crippen LogP contribution in [-0.2, 0) is 14.4 Å². The molecule has 2 N–H and O–H groups in total. The van der Waals surface area contributed by atoms with Gasteiger partial charge in [0, 0.05) is 37.3 Å². The van der Waals surface area contributed by atoms with Crippen LogP contribution in [0.3, 0.4) is 0 Å². The van der Waals surface area contributed by atoms with Crippen LogP contribution < -0.4 is 15.5 Å². The first kappa shape index (κ1) is 16.5. The Morgan fingerprint density at radius 2 is 1.79 bits per heavy atom. The van der Waals surface area contributed by atoms with Crippen molar-refractivity contribution in [1.29, 1.82) is 0 Å². The minimum Gasteiger partial charge on any atom is -0.353 e. The molecule has 1 aromatic carbocycles. The lowest BCUT2D eigenvalue weighted by molar-refractivity contribution is -0.126. The molecule has 1 saturated carbocycles. The van der Waals surface area contributed by atoms with E-state index in [1.165, 1.54) is 19.8 Å². The zero-order valence-corrected chi connectivity index (χ0v) is 13.9. The summed E-state index contributed by atoms with van der Waals surface area (Å²) in [5.74, 6) is -0.460. The van der Waals surface area contributed by atoms with E-state index in [-0.39, 0.29) is 36.1 Å². The van der Waals surface area contributed by atoms with E-state index in [2.05, 4.69) is 10.6 Å². The Bertz CT molecular complexity index is 635. The van der Waals surface area contributed by atoms with Crippen molar-refractivity contribution in [2.75, 3.05) is 16.8 Å². The molecule has 6 heteroatoms. The van der Waals surface area contributed by atoms with Crippen LogP contribution in [-0.4, -0.2) is 30.3 Å². The molecule has 2 aliphatic rings. The van der Waals surface area contributed by atoms with Gasteiger partial charge in [-0.05, 0) is 37.1 Å². The summed E-state index contributed by atoms with van der Waals surface area (Å²) in [6, 6.07) is 7.38. The molecular formula is C18H23N3O3. The van der Waals surface area contributed by atoms with Crippen molar-refractivity contribution in [1.82, 2.24) is 5.32 Å². The summed E-state index contributed by atoms with van der Waals surface area (Å²) in [6.07, 6.45) is 4.68. The fourth-order valence-corrected chi connectivity index (χ4v) is 3.45. The SMILES string of the molecule is CC(=O)Nc1ccc(N2C[C@@H](C(=O)NC3CCCC3)CC2=O)cc1. The van der Waals surface area contributed by atoms with Gasteiger partial charge in [-0.15, -0.1) is 0 Å². The van der Waals surface area contributed by atoms with E-state index in [9.17, 15) is 14.4 Å². The summed E-state index contributed by atoms with van der Waals surface area (Å²) in [5.41, 5.74) is 1.44. The minimum absolute atomic E-state index is 0.00684. The summed E-state index contributed by atoms with van der Waals surface area (Å²) in [6.45, 7) is 1.86. The van der Waals surface area contributed by atoms with E-state index in [0.717, 1.165) is 18.5 Å². The van der Waals surface area contributed by atoms with Gasteiger partial charge in [0.1, 0.15) is 0 Å². The largest absolute Gasteiger partial charge is 0.353 e. The second-order valence-electron chi connectivity index (χ2n) is 6.62. The smallest absolute Gasteiger partial charge is 0.227 e. The number of carbonyl (C=O) groups is 3. The molecule has 0 unspecified atom stereocenters. The highest BCUT2D eigenvalue weighted by molar-refractivity contribution is 6.00. The van der Waals surface area contributed by atoms with E-state index in [1.807, 2.05) is 0 Å². The van der Waals surface area contributed by atoms with Gasteiger partial charge in [-0.3, -0.25) is 14.4 Å². The molecule has 0 spiro atoms. The summed E-state index contributed by atoms with van der Waals surface area (Å²) in [4.78, 5) is 37.3. The van der Waals surface area contributed by atoms with Crippen LogP contribution in [0.15, 0.2) is 24.3 Å². The average Bonchev–Trinajstić information content (AvgIpc) is 3.17. The number of hydrogen-bond donors (Lipinski definition) is 2. The number of benzene rings is 1. The molecule has 1 saturated heterocycles. The molecule has 1 aliphatic heterocycles. The van der Waals surface area contributed by atoms with Gasteiger partial charge in [0.05, 0.1) is 5.92 Å². The summed E-state index contributed by atoms with van der Waals surface area (Å²) in [5, 5.41) is 5.77. The summed E-state index contributed by atoms with van der Waals surface area (Å²) >= 11 is 0. The molecule has 24 heavy (non-hydrogen) atoms. The van der Waals surface area contributed by atoms with E-state index in [4.69, 9.17) is 0 Å². The third-order valence-electron chi connectivity index (χ3n) is 4.70. The maximum absolute atomic E-state index is 12.4. The summed E-state index contributed by atoms with van der Waals surface area (Å²) in [7, 11) is 0. The lowest BCUT2D eigenvalue weighted by atomic mass is 10.1. The Morgan fingerprint density at radius 1 is 1.12 bits per heavy atom. The van der Waals surface area contributed by atoms with E-state index >= 15 is 0 Å². The fraction of sp³-hybridized carbons (Fsp3) is 0.500. The number of nitrogens with one attached hydrogen (secondary N) is 2. The van der Waals surface area contributed by atoms with Gasteiger partial charge in [-0.25, -0.2) is 0 Å². The molecule has 3 rings (SSSR count). The molecule has 0 radical (unpaired) electrons. The number of rotatable bonds is 4. The topological polar surface area (TPSA) is 78.5 Å². The van der Waals surface area contributed by atoms with Crippen LogP contribution in [0.2, 0.25) is 0 Å². The fourth-order valence-electron chi connectivity index (χ4n) is 3.45. The lowest BCUT2D eigenvalue weighted by Crippen LogP contribution is -2.38. The van der Waals surface area contributed by atoms with Crippen molar-refractivity contribution in [3.63, 3.8) is 0 Å². The van der Waals surface area contributed by atoms with Gasteiger partial charge >= 0.3 is 0 Å². The van der Waals surface area contributed by atoms with Crippen LogP contribution in [0.1, 0.15) is 39.0 Å². The monoisotopic (exact) mass is 329 g/mol. The minimum atomic E-state index is -0.284. The van der Waals surface area contributed by atoms with Gasteiger partial charge in [-0.1, -0.05) is 12.8 Å². The summed E-state index contributed by atoms with van der Waals surface area (Å²) < 4.78 is 0. The predicted molar refractivity (Wildman–Crippen MR) is 91.6 cm³/mol. The number of carbonyl (C=O) groups excluding carboxylic acids is 3. The van der Waals surface area contributed by atoms with Crippen LogP contribution in [0.5, 0.6) is 0 Å². The van der Waals surface area contributed by atoms with Crippen LogP contribution in [0.4, 0.5) is 11.4 Å². The van der Waals surface area contributed by atoms with E-state index in [0.29, 0.717) is 12.2 Å². The van der Waals surface area contributed by atoms with Gasteiger partial charge < -0.3 is 15.5 Å². The zero-order chi connectivity index (χ0) is 17.1. The molecule has 1 atom stereocenters. The zero-order valence-electron chi connectivity index (χ0n) is 13.9. The number of amides is 3. The Kier molecular flexibility index (Phi) is 4.83. The van der Waals surface area contributed by atoms with Crippen molar-refractivity contribution >= 4 is 29.1 Å². The molecule has 128 valence electrons. The molecular weight excluding hydrogens is 306 g/mol. The van der Waals surface area contributed by atoms with Crippen LogP contribution in [0.25, 0.3) is 0 Å². The molecule has 0 aromatic heterocycles. The van der Waals surface area contributed by atoms with Crippen molar-refractivity contribution in [2.24, 2.45) is 5.92 Å². The highest BCUT2D eigenvalue weighted by atomic mass is 16.2. The van der Waals surface area contributed by atoms with E-state index in [1.54, 1.807) is 29.2 Å². The molecule has 2 fully saturated rings. The lowest BCUT2D eigenvalue weighted by Gasteiger charge is -2.18. The Morgan fingerprint density at radius 3 is 2.42 bits per heavy atom. The average molecular weight is 329 g/mol. The van der Waals surface area contributed by atoms with E-state index < -0.39 is 0 Å².